The second-order valence-electron chi connectivity index (χ2n) is 4.04. The van der Waals surface area contributed by atoms with Crippen LogP contribution in [-0.4, -0.2) is 55.1 Å². The van der Waals surface area contributed by atoms with Gasteiger partial charge in [0, 0.05) is 19.7 Å². The first-order chi connectivity index (χ1) is 7.12. The third-order valence-corrected chi connectivity index (χ3v) is 2.80. The number of hydrogen-bond donors (Lipinski definition) is 2. The van der Waals surface area contributed by atoms with E-state index in [-0.39, 0.29) is 25.0 Å². The lowest BCUT2D eigenvalue weighted by molar-refractivity contribution is -0.142. The van der Waals surface area contributed by atoms with E-state index in [0.29, 0.717) is 26.1 Å². The molecule has 2 heterocycles. The number of ether oxygens (including phenoxy) is 1. The van der Waals surface area contributed by atoms with Gasteiger partial charge < -0.3 is 20.7 Å². The number of carbonyl (C=O) groups is 2. The molecule has 0 aliphatic carbocycles. The topological polar surface area (TPSA) is 84.7 Å². The van der Waals surface area contributed by atoms with Crippen LogP contribution in [0.4, 0.5) is 0 Å². The molecule has 3 N–H and O–H groups in total. The van der Waals surface area contributed by atoms with Crippen LogP contribution in [0.15, 0.2) is 0 Å². The van der Waals surface area contributed by atoms with Gasteiger partial charge in [0.15, 0.2) is 0 Å². The number of hydrogen-bond acceptors (Lipinski definition) is 4. The van der Waals surface area contributed by atoms with E-state index in [1.807, 2.05) is 0 Å². The number of rotatable bonds is 1. The highest BCUT2D eigenvalue weighted by molar-refractivity contribution is 5.91. The van der Waals surface area contributed by atoms with Gasteiger partial charge in [0.1, 0.15) is 5.54 Å². The highest BCUT2D eigenvalue weighted by atomic mass is 16.5. The maximum atomic E-state index is 12.0. The van der Waals surface area contributed by atoms with Crippen molar-refractivity contribution in [1.82, 2.24) is 10.2 Å². The smallest absolute Gasteiger partial charge is 0.245 e. The zero-order valence-electron chi connectivity index (χ0n) is 8.49. The van der Waals surface area contributed by atoms with E-state index in [9.17, 15) is 9.59 Å². The van der Waals surface area contributed by atoms with Gasteiger partial charge in [-0.2, -0.15) is 0 Å². The first kappa shape index (κ1) is 10.4. The lowest BCUT2D eigenvalue weighted by atomic mass is 9.98. The number of nitrogens with one attached hydrogen (secondary N) is 1. The molecule has 0 aromatic carbocycles. The molecule has 6 nitrogen and oxygen atoms in total. The van der Waals surface area contributed by atoms with Crippen LogP contribution in [0.25, 0.3) is 0 Å². The summed E-state index contributed by atoms with van der Waals surface area (Å²) < 4.78 is 5.13. The molecule has 2 saturated heterocycles. The Hall–Kier alpha value is -1.14. The number of nitrogens with zero attached hydrogens (tertiary/aromatic N) is 1. The van der Waals surface area contributed by atoms with Crippen molar-refractivity contribution < 1.29 is 14.3 Å². The Morgan fingerprint density at radius 1 is 1.60 bits per heavy atom. The van der Waals surface area contributed by atoms with Gasteiger partial charge in [-0.3, -0.25) is 9.59 Å². The summed E-state index contributed by atoms with van der Waals surface area (Å²) in [6, 6.07) is 0. The van der Waals surface area contributed by atoms with Gasteiger partial charge in [0.05, 0.1) is 13.2 Å². The highest BCUT2D eigenvalue weighted by Gasteiger charge is 2.41. The SMILES string of the molecule is NC1(C(=O)N2CCNC(=O)C2)CCOC1. The molecule has 2 amide bonds. The molecular weight excluding hydrogens is 198 g/mol. The fourth-order valence-corrected chi connectivity index (χ4v) is 1.88. The minimum Gasteiger partial charge on any atom is -0.379 e. The molecule has 0 bridgehead atoms. The first-order valence-electron chi connectivity index (χ1n) is 5.04. The third-order valence-electron chi connectivity index (χ3n) is 2.80. The number of nitrogens with two attached hydrogens (primary N) is 1. The fraction of sp³-hybridized carbons (Fsp3) is 0.778. The molecule has 2 aliphatic heterocycles. The first-order valence-corrected chi connectivity index (χ1v) is 5.04. The largest absolute Gasteiger partial charge is 0.379 e. The Balaban J connectivity index is 2.03. The van der Waals surface area contributed by atoms with Crippen molar-refractivity contribution in [2.45, 2.75) is 12.0 Å². The summed E-state index contributed by atoms with van der Waals surface area (Å²) in [6.07, 6.45) is 0.532. The van der Waals surface area contributed by atoms with Crippen molar-refractivity contribution in [3.63, 3.8) is 0 Å². The maximum Gasteiger partial charge on any atom is 0.245 e. The van der Waals surface area contributed by atoms with Gasteiger partial charge in [-0.25, -0.2) is 0 Å². The van der Waals surface area contributed by atoms with E-state index in [1.165, 1.54) is 4.90 Å². The van der Waals surface area contributed by atoms with Crippen molar-refractivity contribution in [2.24, 2.45) is 5.73 Å². The van der Waals surface area contributed by atoms with Crippen LogP contribution in [0.3, 0.4) is 0 Å². The van der Waals surface area contributed by atoms with Gasteiger partial charge in [0.2, 0.25) is 11.8 Å². The van der Waals surface area contributed by atoms with Crippen LogP contribution in [0.1, 0.15) is 6.42 Å². The Kier molecular flexibility index (Phi) is 2.62. The van der Waals surface area contributed by atoms with E-state index < -0.39 is 5.54 Å². The van der Waals surface area contributed by atoms with E-state index in [4.69, 9.17) is 10.5 Å². The molecule has 6 heteroatoms. The van der Waals surface area contributed by atoms with Crippen LogP contribution >= 0.6 is 0 Å². The molecule has 2 fully saturated rings. The van der Waals surface area contributed by atoms with Gasteiger partial charge in [-0.1, -0.05) is 0 Å². The highest BCUT2D eigenvalue weighted by Crippen LogP contribution is 2.18. The van der Waals surface area contributed by atoms with Crippen LogP contribution in [0.5, 0.6) is 0 Å². The van der Waals surface area contributed by atoms with Crippen LogP contribution in [0, 0.1) is 0 Å². The molecular formula is C9H15N3O3. The standard InChI is InChI=1S/C9H15N3O3/c10-9(1-4-15-6-9)8(14)12-3-2-11-7(13)5-12/h1-6,10H2,(H,11,13). The second-order valence-corrected chi connectivity index (χ2v) is 4.04. The minimum absolute atomic E-state index is 0.109. The molecule has 0 saturated carbocycles. The Morgan fingerprint density at radius 2 is 2.40 bits per heavy atom. The van der Waals surface area contributed by atoms with Gasteiger partial charge in [-0.05, 0) is 6.42 Å². The minimum atomic E-state index is -0.919. The summed E-state index contributed by atoms with van der Waals surface area (Å²) in [6.45, 7) is 1.91. The zero-order valence-corrected chi connectivity index (χ0v) is 8.49. The molecule has 15 heavy (non-hydrogen) atoms. The van der Waals surface area contributed by atoms with Crippen molar-refractivity contribution in [3.8, 4) is 0 Å². The second kappa shape index (κ2) is 3.79. The maximum absolute atomic E-state index is 12.0. The lowest BCUT2D eigenvalue weighted by Crippen LogP contribution is -2.60. The number of amides is 2. The molecule has 0 aromatic rings. The monoisotopic (exact) mass is 213 g/mol. The van der Waals surface area contributed by atoms with E-state index in [0.717, 1.165) is 0 Å². The summed E-state index contributed by atoms with van der Waals surface area (Å²) in [5, 5.41) is 2.67. The van der Waals surface area contributed by atoms with Crippen molar-refractivity contribution in [1.29, 1.82) is 0 Å². The summed E-state index contributed by atoms with van der Waals surface area (Å²) in [7, 11) is 0. The van der Waals surface area contributed by atoms with E-state index in [2.05, 4.69) is 5.32 Å². The van der Waals surface area contributed by atoms with E-state index in [1.54, 1.807) is 0 Å². The predicted molar refractivity (Wildman–Crippen MR) is 51.9 cm³/mol. The van der Waals surface area contributed by atoms with Gasteiger partial charge in [0.25, 0.3) is 0 Å². The zero-order chi connectivity index (χ0) is 10.9. The van der Waals surface area contributed by atoms with Crippen molar-refractivity contribution >= 4 is 11.8 Å². The lowest BCUT2D eigenvalue weighted by Gasteiger charge is -2.32. The van der Waals surface area contributed by atoms with Gasteiger partial charge in [-0.15, -0.1) is 0 Å². The third kappa shape index (κ3) is 1.95. The normalized spacial score (nSPS) is 31.5. The molecule has 2 aliphatic rings. The average molecular weight is 213 g/mol. The number of piperazine rings is 1. The Bertz CT molecular complexity index is 286. The summed E-state index contributed by atoms with van der Waals surface area (Å²) in [5.74, 6) is -0.299. The van der Waals surface area contributed by atoms with E-state index >= 15 is 0 Å². The molecule has 0 aromatic heterocycles. The molecule has 0 spiro atoms. The molecule has 2 rings (SSSR count). The molecule has 1 atom stereocenters. The number of carbonyl (C=O) groups excluding carboxylic acids is 2. The summed E-state index contributed by atoms with van der Waals surface area (Å²) >= 11 is 0. The predicted octanol–water partition coefficient (Wildman–Crippen LogP) is -1.94. The molecule has 84 valence electrons. The summed E-state index contributed by atoms with van der Waals surface area (Å²) in [5.41, 5.74) is 5.01. The Morgan fingerprint density at radius 3 is 3.00 bits per heavy atom. The summed E-state index contributed by atoms with van der Waals surface area (Å²) in [4.78, 5) is 24.6. The van der Waals surface area contributed by atoms with Crippen molar-refractivity contribution in [2.75, 3.05) is 32.8 Å². The van der Waals surface area contributed by atoms with Crippen molar-refractivity contribution in [3.05, 3.63) is 0 Å². The average Bonchev–Trinajstić information content (AvgIpc) is 2.65. The quantitative estimate of drug-likeness (QED) is 0.531. The Labute approximate surface area is 87.7 Å². The van der Waals surface area contributed by atoms with Gasteiger partial charge >= 0.3 is 0 Å². The molecule has 1 unspecified atom stereocenters. The van der Waals surface area contributed by atoms with Crippen LogP contribution in [-0.2, 0) is 14.3 Å². The van der Waals surface area contributed by atoms with Crippen LogP contribution < -0.4 is 11.1 Å². The fourth-order valence-electron chi connectivity index (χ4n) is 1.88. The van der Waals surface area contributed by atoms with Crippen LogP contribution in [0.2, 0.25) is 0 Å². The molecule has 0 radical (unpaired) electrons.